The van der Waals surface area contributed by atoms with E-state index in [1.807, 2.05) is 18.2 Å². The molecule has 236 valence electrons. The number of carbonyl (C=O) groups is 2. The molecule has 3 aromatic heterocycles. The monoisotopic (exact) mass is 656 g/mol. The molecule has 0 radical (unpaired) electrons. The van der Waals surface area contributed by atoms with Crippen molar-refractivity contribution in [1.29, 1.82) is 0 Å². The first kappa shape index (κ1) is 30.9. The molecular weight excluding hydrogens is 626 g/mol. The van der Waals surface area contributed by atoms with Crippen LogP contribution in [0.2, 0.25) is 0 Å². The zero-order chi connectivity index (χ0) is 31.6. The second-order valence-electron chi connectivity index (χ2n) is 10.8. The van der Waals surface area contributed by atoms with Crippen LogP contribution in [0.1, 0.15) is 18.4 Å². The quantitative estimate of drug-likeness (QED) is 0.181. The molecule has 1 aromatic carbocycles. The van der Waals surface area contributed by atoms with Crippen molar-refractivity contribution in [3.63, 3.8) is 0 Å². The van der Waals surface area contributed by atoms with Crippen molar-refractivity contribution in [1.82, 2.24) is 25.1 Å². The van der Waals surface area contributed by atoms with Gasteiger partial charge in [-0.1, -0.05) is 6.07 Å². The molecule has 45 heavy (non-hydrogen) atoms. The van der Waals surface area contributed by atoms with E-state index < -0.39 is 25.9 Å². The Bertz CT molecular complexity index is 1760. The zero-order valence-electron chi connectivity index (χ0n) is 23.9. The van der Waals surface area contributed by atoms with Crippen LogP contribution < -0.4 is 15.4 Å². The summed E-state index contributed by atoms with van der Waals surface area (Å²) in [6.45, 7) is 2.54. The van der Waals surface area contributed by atoms with Crippen molar-refractivity contribution < 1.29 is 37.8 Å². The summed E-state index contributed by atoms with van der Waals surface area (Å²) in [7, 11) is -4.41. The van der Waals surface area contributed by atoms with Gasteiger partial charge in [-0.3, -0.25) is 19.4 Å². The van der Waals surface area contributed by atoms with Crippen molar-refractivity contribution >= 4 is 47.0 Å². The molecule has 0 unspecified atom stereocenters. The Morgan fingerprint density at radius 3 is 2.53 bits per heavy atom. The van der Waals surface area contributed by atoms with Gasteiger partial charge >= 0.3 is 19.7 Å². The molecule has 1 saturated heterocycles. The third kappa shape index (κ3) is 8.12. The van der Waals surface area contributed by atoms with Crippen molar-refractivity contribution in [2.75, 3.05) is 37.8 Å². The average Bonchev–Trinajstić information content (AvgIpc) is 3.71. The van der Waals surface area contributed by atoms with Gasteiger partial charge in [-0.05, 0) is 42.7 Å². The summed E-state index contributed by atoms with van der Waals surface area (Å²) >= 11 is 1.43. The number of piperazine rings is 1. The third-order valence-electron chi connectivity index (χ3n) is 7.17. The van der Waals surface area contributed by atoms with Crippen molar-refractivity contribution in [3.05, 3.63) is 66.2 Å². The molecule has 1 aliphatic heterocycles. The fourth-order valence-electron chi connectivity index (χ4n) is 4.72. The van der Waals surface area contributed by atoms with E-state index in [1.54, 1.807) is 24.5 Å². The molecule has 4 aromatic rings. The highest BCUT2D eigenvalue weighted by Crippen LogP contribution is 2.39. The molecular formula is C29H30FN6O7PS. The highest BCUT2D eigenvalue weighted by Gasteiger charge is 2.25. The summed E-state index contributed by atoms with van der Waals surface area (Å²) in [5.41, 5.74) is 2.74. The van der Waals surface area contributed by atoms with Crippen LogP contribution in [0.3, 0.4) is 0 Å². The summed E-state index contributed by atoms with van der Waals surface area (Å²) in [6.07, 6.45) is 3.63. The lowest BCUT2D eigenvalue weighted by Gasteiger charge is -2.34. The summed E-state index contributed by atoms with van der Waals surface area (Å²) in [6, 6.07) is 11.6. The smallest absolute Gasteiger partial charge is 0.410 e. The van der Waals surface area contributed by atoms with Crippen LogP contribution in [0.15, 0.2) is 54.9 Å². The number of halogens is 1. The Hall–Kier alpha value is -4.14. The summed E-state index contributed by atoms with van der Waals surface area (Å²) < 4.78 is 37.2. The number of carbonyl (C=O) groups excluding carboxylic acids is 2. The lowest BCUT2D eigenvalue weighted by atomic mass is 10.2. The number of anilines is 1. The fourth-order valence-corrected chi connectivity index (χ4v) is 6.04. The van der Waals surface area contributed by atoms with Gasteiger partial charge in [0.2, 0.25) is 0 Å². The van der Waals surface area contributed by atoms with Crippen molar-refractivity contribution in [2.45, 2.75) is 25.4 Å². The predicted octanol–water partition coefficient (Wildman–Crippen LogP) is 4.96. The summed E-state index contributed by atoms with van der Waals surface area (Å²) in [5.74, 6) is -0.143. The van der Waals surface area contributed by atoms with Gasteiger partial charge < -0.3 is 34.8 Å². The van der Waals surface area contributed by atoms with Crippen LogP contribution in [0.25, 0.3) is 20.8 Å². The largest absolute Gasteiger partial charge is 0.453 e. The van der Waals surface area contributed by atoms with Crippen LogP contribution >= 0.6 is 18.9 Å². The maximum Gasteiger partial charge on any atom is 0.410 e. The second-order valence-corrected chi connectivity index (χ2v) is 13.4. The zero-order valence-corrected chi connectivity index (χ0v) is 25.6. The first-order valence-corrected chi connectivity index (χ1v) is 16.8. The van der Waals surface area contributed by atoms with Crippen LogP contribution in [-0.4, -0.2) is 80.2 Å². The van der Waals surface area contributed by atoms with Gasteiger partial charge in [0, 0.05) is 69.0 Å². The number of hydrogen-bond acceptors (Lipinski definition) is 9. The number of hydrogen-bond donors (Lipinski definition) is 4. The van der Waals surface area contributed by atoms with Crippen molar-refractivity contribution in [3.8, 4) is 22.1 Å². The molecule has 2 fully saturated rings. The van der Waals surface area contributed by atoms with E-state index in [9.17, 15) is 18.5 Å². The number of rotatable bonds is 9. The maximum absolute atomic E-state index is 14.9. The molecule has 1 aliphatic carbocycles. The van der Waals surface area contributed by atoms with Gasteiger partial charge in [0.25, 0.3) is 0 Å². The Balaban J connectivity index is 1.06. The summed E-state index contributed by atoms with van der Waals surface area (Å²) in [5, 5.41) is 5.43. The number of benzene rings is 1. The number of ether oxygens (including phenoxy) is 2. The Labute approximate surface area is 261 Å². The van der Waals surface area contributed by atoms with E-state index in [4.69, 9.17) is 19.3 Å². The predicted molar refractivity (Wildman–Crippen MR) is 165 cm³/mol. The third-order valence-corrected chi connectivity index (χ3v) is 8.79. The Morgan fingerprint density at radius 2 is 1.84 bits per heavy atom. The van der Waals surface area contributed by atoms with Gasteiger partial charge in [-0.15, -0.1) is 11.3 Å². The fraction of sp³-hybridized carbons (Fsp3) is 0.310. The molecule has 3 amide bonds. The van der Waals surface area contributed by atoms with Gasteiger partial charge in [0.05, 0.1) is 20.8 Å². The van der Waals surface area contributed by atoms with Gasteiger partial charge in [0.1, 0.15) is 5.75 Å². The number of nitrogens with zero attached hydrogens (tertiary/aromatic N) is 4. The molecule has 4 N–H and O–H groups in total. The highest BCUT2D eigenvalue weighted by molar-refractivity contribution is 7.51. The number of thiophene rings is 1. The van der Waals surface area contributed by atoms with E-state index in [1.165, 1.54) is 28.4 Å². The number of urea groups is 1. The topological polar surface area (TPSA) is 166 Å². The molecule has 13 nitrogen and oxygen atoms in total. The number of pyridine rings is 2. The normalized spacial score (nSPS) is 15.6. The van der Waals surface area contributed by atoms with Gasteiger partial charge in [-0.25, -0.2) is 14.0 Å². The van der Waals surface area contributed by atoms with Crippen LogP contribution in [0.4, 0.5) is 19.7 Å². The van der Waals surface area contributed by atoms with Crippen LogP contribution in [0.5, 0.6) is 11.5 Å². The molecule has 0 atom stereocenters. The van der Waals surface area contributed by atoms with E-state index in [0.29, 0.717) is 49.7 Å². The van der Waals surface area contributed by atoms with E-state index >= 15 is 0 Å². The van der Waals surface area contributed by atoms with E-state index in [0.717, 1.165) is 33.7 Å². The molecule has 2 aliphatic rings. The molecule has 0 bridgehead atoms. The SMILES string of the molecule is O=C(Nc1ccc(Oc2ccnc3cc(-c4ccc(CN5CCN(C(=O)OCP(=O)(O)O)CC5)cn4)sc23)c(F)c1)NC1CC1. The standard InChI is InChI=1S/C29H30FN6O7PS/c30-21-13-20(34-28(37)33-19-2-3-19)4-6-24(21)43-25-7-8-31-23-14-26(45-27(23)25)22-5-1-18(15-32-22)16-35-9-11-36(12-10-35)29(38)42-17-44(39,40)41/h1,4-8,13-15,19H,2-3,9-12,16-17H2,(H2,33,34,37)(H2,39,40,41). The molecule has 16 heteroatoms. The second kappa shape index (κ2) is 13.1. The highest BCUT2D eigenvalue weighted by atomic mass is 32.1. The van der Waals surface area contributed by atoms with E-state index in [-0.39, 0.29) is 17.8 Å². The Kier molecular flexibility index (Phi) is 8.97. The summed E-state index contributed by atoms with van der Waals surface area (Å²) in [4.78, 5) is 55.3. The average molecular weight is 657 g/mol. The minimum atomic E-state index is -4.41. The van der Waals surface area contributed by atoms with Gasteiger partial charge in [-0.2, -0.15) is 0 Å². The Morgan fingerprint density at radius 1 is 1.04 bits per heavy atom. The molecule has 4 heterocycles. The van der Waals surface area contributed by atoms with Crippen molar-refractivity contribution in [2.24, 2.45) is 0 Å². The van der Waals surface area contributed by atoms with Crippen LogP contribution in [-0.2, 0) is 15.8 Å². The lowest BCUT2D eigenvalue weighted by Crippen LogP contribution is -2.48. The first-order valence-electron chi connectivity index (χ1n) is 14.2. The van der Waals surface area contributed by atoms with Crippen LogP contribution in [0, 0.1) is 5.82 Å². The number of aromatic nitrogens is 2. The number of nitrogens with one attached hydrogen (secondary N) is 2. The lowest BCUT2D eigenvalue weighted by molar-refractivity contribution is 0.0812. The molecule has 6 rings (SSSR count). The minimum Gasteiger partial charge on any atom is -0.453 e. The first-order chi connectivity index (χ1) is 21.6. The van der Waals surface area contributed by atoms with Gasteiger partial charge in [0.15, 0.2) is 17.9 Å². The maximum atomic E-state index is 14.9. The van der Waals surface area contributed by atoms with E-state index in [2.05, 4.69) is 25.5 Å². The molecule has 0 spiro atoms. The molecule has 1 saturated carbocycles. The number of amides is 3. The minimum absolute atomic E-state index is 0.0203. The number of fused-ring (bicyclic) bond motifs is 1.